The summed E-state index contributed by atoms with van der Waals surface area (Å²) >= 11 is 0. The molecule has 0 unspecified atom stereocenters. The first kappa shape index (κ1) is 55.7. The summed E-state index contributed by atoms with van der Waals surface area (Å²) < 4.78 is 59.4. The Morgan fingerprint density at radius 3 is 2.12 bits per heavy atom. The summed E-state index contributed by atoms with van der Waals surface area (Å²) in [6.07, 6.45) is -6.60. The maximum Gasteiger partial charge on any atom is 0.311 e. The van der Waals surface area contributed by atoms with Crippen molar-refractivity contribution in [2.24, 2.45) is 5.41 Å². The number of esters is 1. The van der Waals surface area contributed by atoms with E-state index in [1.807, 2.05) is 0 Å². The highest BCUT2D eigenvalue weighted by molar-refractivity contribution is 7.85. The van der Waals surface area contributed by atoms with E-state index in [1.165, 1.54) is 18.2 Å². The number of amides is 7. The minimum absolute atomic E-state index is 0.00991. The number of benzene rings is 1. The second-order valence-electron chi connectivity index (χ2n) is 16.0. The number of hydrogen-bond donors (Lipinski definition) is 10. The maximum absolute atomic E-state index is 13.0. The lowest BCUT2D eigenvalue weighted by atomic mass is 9.97. The van der Waals surface area contributed by atoms with E-state index in [2.05, 4.69) is 26.6 Å². The van der Waals surface area contributed by atoms with Crippen LogP contribution in [0.25, 0.3) is 0 Å². The molecule has 0 aliphatic carbocycles. The van der Waals surface area contributed by atoms with Crippen LogP contribution in [-0.2, 0) is 74.0 Å². The second kappa shape index (κ2) is 26.6. The number of imide groups is 1. The van der Waals surface area contributed by atoms with E-state index in [0.717, 1.165) is 17.1 Å². The van der Waals surface area contributed by atoms with Crippen LogP contribution in [0.5, 0.6) is 5.75 Å². The number of hydrogen-bond acceptors (Lipinski definition) is 19. The summed E-state index contributed by atoms with van der Waals surface area (Å²) in [4.78, 5) is 98.7. The van der Waals surface area contributed by atoms with Crippen LogP contribution in [-0.4, -0.2) is 187 Å². The van der Waals surface area contributed by atoms with Crippen molar-refractivity contribution in [3.05, 3.63) is 35.9 Å². The molecule has 1 fully saturated rings. The Labute approximate surface area is 384 Å². The van der Waals surface area contributed by atoms with E-state index in [0.29, 0.717) is 5.56 Å². The van der Waals surface area contributed by atoms with E-state index in [1.54, 1.807) is 20.8 Å². The average Bonchev–Trinajstić information content (AvgIpc) is 3.58. The highest BCUT2D eigenvalue weighted by Gasteiger charge is 2.45. The zero-order chi connectivity index (χ0) is 49.9. The van der Waals surface area contributed by atoms with Gasteiger partial charge in [0.15, 0.2) is 0 Å². The normalized spacial score (nSPS) is 19.9. The fraction of sp³-hybridized carbons (Fsp3) is 0.600. The molecule has 7 amide bonds. The van der Waals surface area contributed by atoms with Crippen molar-refractivity contribution >= 4 is 63.1 Å². The first-order chi connectivity index (χ1) is 31.5. The summed E-state index contributed by atoms with van der Waals surface area (Å²) in [7, 11) is -4.74. The first-order valence-corrected chi connectivity index (χ1v) is 22.4. The molecule has 0 saturated carbocycles. The van der Waals surface area contributed by atoms with Crippen molar-refractivity contribution in [1.82, 2.24) is 26.2 Å². The van der Waals surface area contributed by atoms with Crippen LogP contribution in [0.15, 0.2) is 30.4 Å². The lowest BCUT2D eigenvalue weighted by Gasteiger charge is -2.39. The molecule has 67 heavy (non-hydrogen) atoms. The highest BCUT2D eigenvalue weighted by Crippen LogP contribution is 2.31. The predicted octanol–water partition coefficient (Wildman–Crippen LogP) is -4.26. The van der Waals surface area contributed by atoms with Gasteiger partial charge in [-0.1, -0.05) is 6.07 Å². The molecule has 2 aliphatic rings. The van der Waals surface area contributed by atoms with Crippen LogP contribution >= 0.6 is 0 Å². The maximum atomic E-state index is 13.0. The zero-order valence-electron chi connectivity index (χ0n) is 37.0. The SMILES string of the molecule is CC(C)(C)C(=O)OCc1ccc(O[C@@H]2O[C@H](CO)[C@H](O)[C@H](O)[C@H]2O)c(NC(=O)CCNC(=O)COCCNC(=O)[C@@H](CS(=O)(=O)O)NC(=O)CCOCCNC(=O)CCN2C(=O)C=CC2=O)c1. The first-order valence-electron chi connectivity index (χ1n) is 20.8. The van der Waals surface area contributed by atoms with Crippen molar-refractivity contribution in [2.75, 3.05) is 70.3 Å². The van der Waals surface area contributed by atoms with Gasteiger partial charge in [0.25, 0.3) is 21.9 Å². The standard InChI is InChI=1S/C40H58N6O20S/c1-40(2,3)39(58)64-20-23-4-5-26(65-38-36(56)35(55)34(54)27(19-47)66-38)24(18-23)44-29(49)8-11-41-31(51)21-63-17-13-43-37(57)25(22-67(59,60)61)45-30(50)10-15-62-16-12-42-28(48)9-14-46-32(52)6-7-33(46)53/h4-7,18,25,27,34-36,38,47,54-56H,8-17,19-22H2,1-3H3,(H,41,51)(H,42,48)(H,43,57)(H,44,49)(H,45,50)(H,59,60,61)/t25-,27-,34+,35+,36-,38-/m1/s1. The fourth-order valence-corrected chi connectivity index (χ4v) is 6.44. The van der Waals surface area contributed by atoms with Gasteiger partial charge in [0, 0.05) is 57.6 Å². The van der Waals surface area contributed by atoms with Gasteiger partial charge in [-0.15, -0.1) is 0 Å². The molecular formula is C40H58N6O20S. The number of ether oxygens (including phenoxy) is 5. The lowest BCUT2D eigenvalue weighted by Crippen LogP contribution is -2.60. The van der Waals surface area contributed by atoms with E-state index in [9.17, 15) is 71.8 Å². The van der Waals surface area contributed by atoms with Gasteiger partial charge in [-0.25, -0.2) is 0 Å². The zero-order valence-corrected chi connectivity index (χ0v) is 37.8. The second-order valence-corrected chi connectivity index (χ2v) is 17.5. The molecule has 6 atom stereocenters. The average molecular weight is 975 g/mol. The lowest BCUT2D eigenvalue weighted by molar-refractivity contribution is -0.277. The highest BCUT2D eigenvalue weighted by atomic mass is 32.2. The van der Waals surface area contributed by atoms with E-state index in [-0.39, 0.29) is 83.3 Å². The van der Waals surface area contributed by atoms with Crippen molar-refractivity contribution in [2.45, 2.75) is 83.4 Å². The third-order valence-corrected chi connectivity index (χ3v) is 10.1. The van der Waals surface area contributed by atoms with Crippen LogP contribution in [0.1, 0.15) is 45.6 Å². The molecule has 0 spiro atoms. The summed E-state index contributed by atoms with van der Waals surface area (Å²) in [6.45, 7) is 2.54. The number of nitrogens with zero attached hydrogens (tertiary/aromatic N) is 1. The summed E-state index contributed by atoms with van der Waals surface area (Å²) in [6, 6.07) is 2.56. The van der Waals surface area contributed by atoms with E-state index in [4.69, 9.17) is 23.7 Å². The quantitative estimate of drug-likeness (QED) is 0.0173. The smallest absolute Gasteiger partial charge is 0.311 e. The number of rotatable bonds is 27. The number of carbonyl (C=O) groups excluding carboxylic acids is 8. The number of anilines is 1. The third kappa shape index (κ3) is 19.6. The summed E-state index contributed by atoms with van der Waals surface area (Å²) in [5.74, 6) is -6.35. The Morgan fingerprint density at radius 1 is 0.806 bits per heavy atom. The van der Waals surface area contributed by atoms with Crippen molar-refractivity contribution < 1.29 is 95.4 Å². The van der Waals surface area contributed by atoms with E-state index < -0.39 is 119 Å². The number of carbonyl (C=O) groups is 8. The molecule has 10 N–H and O–H groups in total. The summed E-state index contributed by atoms with van der Waals surface area (Å²) in [5.41, 5.74) is -0.377. The Balaban J connectivity index is 1.39. The largest absolute Gasteiger partial charge is 0.460 e. The number of nitrogens with one attached hydrogen (secondary N) is 5. The Kier molecular flexibility index (Phi) is 22.1. The predicted molar refractivity (Wildman–Crippen MR) is 227 cm³/mol. The molecule has 3 rings (SSSR count). The topological polar surface area (TPSA) is 381 Å². The van der Waals surface area contributed by atoms with Gasteiger partial charge in [0.05, 0.1) is 37.5 Å². The van der Waals surface area contributed by atoms with Crippen molar-refractivity contribution in [3.8, 4) is 5.75 Å². The molecule has 2 heterocycles. The molecule has 0 aromatic heterocycles. The molecule has 1 aromatic rings. The Bertz CT molecular complexity index is 2040. The van der Waals surface area contributed by atoms with Crippen LogP contribution in [0.2, 0.25) is 0 Å². The molecule has 1 saturated heterocycles. The van der Waals surface area contributed by atoms with Gasteiger partial charge in [0.1, 0.15) is 55.2 Å². The third-order valence-electron chi connectivity index (χ3n) is 9.38. The van der Waals surface area contributed by atoms with Crippen molar-refractivity contribution in [1.29, 1.82) is 0 Å². The van der Waals surface area contributed by atoms with Gasteiger partial charge in [-0.2, -0.15) is 8.42 Å². The van der Waals surface area contributed by atoms with Crippen LogP contribution in [0.3, 0.4) is 0 Å². The van der Waals surface area contributed by atoms with Crippen LogP contribution in [0, 0.1) is 5.41 Å². The van der Waals surface area contributed by atoms with Crippen LogP contribution in [0.4, 0.5) is 5.69 Å². The number of aliphatic hydroxyl groups is 4. The monoisotopic (exact) mass is 974 g/mol. The fourth-order valence-electron chi connectivity index (χ4n) is 5.78. The molecule has 0 bridgehead atoms. The minimum Gasteiger partial charge on any atom is -0.460 e. The molecule has 374 valence electrons. The van der Waals surface area contributed by atoms with E-state index >= 15 is 0 Å². The van der Waals surface area contributed by atoms with Crippen LogP contribution < -0.4 is 31.3 Å². The Hall–Kier alpha value is -5.65. The van der Waals surface area contributed by atoms with Gasteiger partial charge < -0.3 is 70.7 Å². The van der Waals surface area contributed by atoms with Gasteiger partial charge in [-0.3, -0.25) is 47.8 Å². The Morgan fingerprint density at radius 2 is 1.46 bits per heavy atom. The number of aliphatic hydroxyl groups excluding tert-OH is 4. The molecule has 26 nitrogen and oxygen atoms in total. The molecular weight excluding hydrogens is 917 g/mol. The molecule has 2 aliphatic heterocycles. The minimum atomic E-state index is -4.74. The van der Waals surface area contributed by atoms with Gasteiger partial charge in [-0.05, 0) is 38.5 Å². The molecule has 27 heteroatoms. The summed E-state index contributed by atoms with van der Waals surface area (Å²) in [5, 5.41) is 52.4. The molecule has 1 aromatic carbocycles. The van der Waals surface area contributed by atoms with Crippen molar-refractivity contribution in [3.63, 3.8) is 0 Å². The van der Waals surface area contributed by atoms with Gasteiger partial charge >= 0.3 is 5.97 Å². The molecule has 0 radical (unpaired) electrons. The van der Waals surface area contributed by atoms with Gasteiger partial charge in [0.2, 0.25) is 35.8 Å².